The maximum Gasteiger partial charge on any atom is 0.177 e. The summed E-state index contributed by atoms with van der Waals surface area (Å²) in [5, 5.41) is 0.511. The van der Waals surface area contributed by atoms with E-state index in [1.165, 1.54) is 0 Å². The Hall–Kier alpha value is -0.740. The number of hydrogen-bond donors (Lipinski definition) is 2. The second-order valence-electron chi connectivity index (χ2n) is 2.48. The van der Waals surface area contributed by atoms with Crippen LogP contribution in [0.15, 0.2) is 12.1 Å². The predicted molar refractivity (Wildman–Crippen MR) is 58.4 cm³/mol. The molecule has 3 nitrogen and oxygen atoms in total. The zero-order chi connectivity index (χ0) is 10.0. The van der Waals surface area contributed by atoms with Crippen LogP contribution >= 0.6 is 27.5 Å². The molecule has 5 heteroatoms. The zero-order valence-electron chi connectivity index (χ0n) is 6.68. The Morgan fingerprint density at radius 1 is 1.46 bits per heavy atom. The Labute approximate surface area is 89.2 Å². The number of nitrogen functional groups attached to an aromatic ring is 2. The summed E-state index contributed by atoms with van der Waals surface area (Å²) in [6.45, 7) is 0. The molecule has 0 aliphatic carbocycles. The number of alkyl halides is 1. The third-order valence-corrected chi connectivity index (χ3v) is 2.45. The summed E-state index contributed by atoms with van der Waals surface area (Å²) in [6.07, 6.45) is 0. The van der Waals surface area contributed by atoms with E-state index in [0.29, 0.717) is 16.3 Å². The number of carbonyl (C=O) groups excluding carboxylic acids is 1. The van der Waals surface area contributed by atoms with Crippen LogP contribution in [-0.4, -0.2) is 11.1 Å². The van der Waals surface area contributed by atoms with Crippen LogP contribution in [-0.2, 0) is 0 Å². The summed E-state index contributed by atoms with van der Waals surface area (Å²) in [6, 6.07) is 3.13. The van der Waals surface area contributed by atoms with E-state index >= 15 is 0 Å². The van der Waals surface area contributed by atoms with E-state index in [9.17, 15) is 4.79 Å². The number of hydrogen-bond acceptors (Lipinski definition) is 3. The molecular formula is C8H8BrClN2O. The molecule has 1 aromatic rings. The van der Waals surface area contributed by atoms with Crippen LogP contribution in [0, 0.1) is 0 Å². The molecule has 0 spiro atoms. The molecule has 0 unspecified atom stereocenters. The van der Waals surface area contributed by atoms with Crippen molar-refractivity contribution in [1.82, 2.24) is 0 Å². The molecule has 0 radical (unpaired) electrons. The molecular weight excluding hydrogens is 255 g/mol. The van der Waals surface area contributed by atoms with Gasteiger partial charge in [0.2, 0.25) is 0 Å². The average Bonchev–Trinajstić information content (AvgIpc) is 2.12. The zero-order valence-corrected chi connectivity index (χ0v) is 9.02. The number of nitrogens with two attached hydrogens (primary N) is 2. The van der Waals surface area contributed by atoms with Crippen LogP contribution in [0.2, 0.25) is 5.02 Å². The second kappa shape index (κ2) is 3.98. The largest absolute Gasteiger partial charge is 0.397 e. The van der Waals surface area contributed by atoms with Crippen molar-refractivity contribution in [2.45, 2.75) is 0 Å². The van der Waals surface area contributed by atoms with Gasteiger partial charge >= 0.3 is 0 Å². The first-order valence-corrected chi connectivity index (χ1v) is 5.00. The molecule has 1 aromatic carbocycles. The summed E-state index contributed by atoms with van der Waals surface area (Å²) in [5.74, 6) is -0.171. The van der Waals surface area contributed by atoms with Crippen LogP contribution in [0.1, 0.15) is 10.4 Å². The standard InChI is InChI=1S/C8H8BrClN2O/c9-3-6(13)7-4(10)1-2-5(11)8(7)12/h1-2H,3,11-12H2. The molecule has 0 heterocycles. The molecule has 0 atom stereocenters. The van der Waals surface area contributed by atoms with Crippen LogP contribution in [0.5, 0.6) is 0 Å². The number of benzene rings is 1. The topological polar surface area (TPSA) is 69.1 Å². The van der Waals surface area contributed by atoms with Crippen molar-refractivity contribution in [1.29, 1.82) is 0 Å². The highest BCUT2D eigenvalue weighted by Gasteiger charge is 2.14. The summed E-state index contributed by atoms with van der Waals surface area (Å²) >= 11 is 8.84. The minimum atomic E-state index is -0.171. The van der Waals surface area contributed by atoms with Gasteiger partial charge in [-0.05, 0) is 12.1 Å². The number of halogens is 2. The second-order valence-corrected chi connectivity index (χ2v) is 3.45. The first kappa shape index (κ1) is 10.3. The number of carbonyl (C=O) groups is 1. The van der Waals surface area contributed by atoms with E-state index in [-0.39, 0.29) is 16.8 Å². The molecule has 4 N–H and O–H groups in total. The van der Waals surface area contributed by atoms with Crippen molar-refractivity contribution in [3.05, 3.63) is 22.7 Å². The number of anilines is 2. The minimum Gasteiger partial charge on any atom is -0.397 e. The highest BCUT2D eigenvalue weighted by molar-refractivity contribution is 9.09. The molecule has 0 saturated heterocycles. The van der Waals surface area contributed by atoms with Gasteiger partial charge in [-0.2, -0.15) is 0 Å². The molecule has 0 aliphatic heterocycles. The summed E-state index contributed by atoms with van der Waals surface area (Å²) in [4.78, 5) is 11.3. The lowest BCUT2D eigenvalue weighted by molar-refractivity contribution is 0.102. The predicted octanol–water partition coefficient (Wildman–Crippen LogP) is 2.08. The fourth-order valence-electron chi connectivity index (χ4n) is 0.959. The molecule has 1 rings (SSSR count). The highest BCUT2D eigenvalue weighted by atomic mass is 79.9. The van der Waals surface area contributed by atoms with Gasteiger partial charge in [-0.15, -0.1) is 0 Å². The Morgan fingerprint density at radius 3 is 2.62 bits per heavy atom. The third-order valence-electron chi connectivity index (χ3n) is 1.63. The van der Waals surface area contributed by atoms with Crippen molar-refractivity contribution >= 4 is 44.7 Å². The van der Waals surface area contributed by atoms with Gasteiger partial charge in [0.05, 0.1) is 27.3 Å². The van der Waals surface area contributed by atoms with Crippen molar-refractivity contribution in [3.8, 4) is 0 Å². The maximum atomic E-state index is 11.3. The molecule has 0 fully saturated rings. The van der Waals surface area contributed by atoms with E-state index in [2.05, 4.69) is 15.9 Å². The van der Waals surface area contributed by atoms with Crippen molar-refractivity contribution in [3.63, 3.8) is 0 Å². The third kappa shape index (κ3) is 1.95. The van der Waals surface area contributed by atoms with Gasteiger partial charge in [0, 0.05) is 0 Å². The molecule has 0 amide bonds. The SMILES string of the molecule is Nc1ccc(Cl)c(C(=O)CBr)c1N. The van der Waals surface area contributed by atoms with E-state index in [1.54, 1.807) is 12.1 Å². The fourth-order valence-corrected chi connectivity index (χ4v) is 1.51. The molecule has 13 heavy (non-hydrogen) atoms. The first-order valence-electron chi connectivity index (χ1n) is 3.50. The first-order chi connectivity index (χ1) is 6.07. The fraction of sp³-hybridized carbons (Fsp3) is 0.125. The Balaban J connectivity index is 3.33. The minimum absolute atomic E-state index is 0.171. The van der Waals surface area contributed by atoms with Gasteiger partial charge in [0.25, 0.3) is 0 Å². The molecule has 0 saturated carbocycles. The van der Waals surface area contributed by atoms with E-state index < -0.39 is 0 Å². The Kier molecular flexibility index (Phi) is 3.17. The lowest BCUT2D eigenvalue weighted by atomic mass is 10.1. The van der Waals surface area contributed by atoms with Crippen LogP contribution in [0.25, 0.3) is 0 Å². The quantitative estimate of drug-likeness (QED) is 0.488. The van der Waals surface area contributed by atoms with Gasteiger partial charge < -0.3 is 11.5 Å². The lowest BCUT2D eigenvalue weighted by Crippen LogP contribution is -2.08. The monoisotopic (exact) mass is 262 g/mol. The number of rotatable bonds is 2. The smallest absolute Gasteiger partial charge is 0.177 e. The van der Waals surface area contributed by atoms with Crippen LogP contribution in [0.3, 0.4) is 0 Å². The van der Waals surface area contributed by atoms with Gasteiger partial charge in [0.1, 0.15) is 0 Å². The Bertz CT molecular complexity index is 354. The van der Waals surface area contributed by atoms with Crippen LogP contribution in [0.4, 0.5) is 11.4 Å². The van der Waals surface area contributed by atoms with E-state index in [1.807, 2.05) is 0 Å². The highest BCUT2D eigenvalue weighted by Crippen LogP contribution is 2.28. The number of ketones is 1. The van der Waals surface area contributed by atoms with Crippen molar-refractivity contribution in [2.75, 3.05) is 16.8 Å². The molecule has 0 bridgehead atoms. The van der Waals surface area contributed by atoms with Gasteiger partial charge in [-0.1, -0.05) is 27.5 Å². The Morgan fingerprint density at radius 2 is 2.08 bits per heavy atom. The van der Waals surface area contributed by atoms with Crippen LogP contribution < -0.4 is 11.5 Å². The maximum absolute atomic E-state index is 11.3. The normalized spacial score (nSPS) is 10.0. The number of Topliss-reactive ketones (excluding diaryl/α,β-unsaturated/α-hetero) is 1. The van der Waals surface area contributed by atoms with Gasteiger partial charge in [0.15, 0.2) is 5.78 Å². The van der Waals surface area contributed by atoms with Crippen molar-refractivity contribution in [2.24, 2.45) is 0 Å². The molecule has 70 valence electrons. The van der Waals surface area contributed by atoms with Crippen molar-refractivity contribution < 1.29 is 4.79 Å². The molecule has 0 aliphatic rings. The summed E-state index contributed by atoms with van der Waals surface area (Å²) in [7, 11) is 0. The average molecular weight is 264 g/mol. The van der Waals surface area contributed by atoms with E-state index in [0.717, 1.165) is 0 Å². The van der Waals surface area contributed by atoms with Gasteiger partial charge in [-0.3, -0.25) is 4.79 Å². The summed E-state index contributed by atoms with van der Waals surface area (Å²) < 4.78 is 0. The summed E-state index contributed by atoms with van der Waals surface area (Å²) in [5.41, 5.74) is 12.0. The van der Waals surface area contributed by atoms with E-state index in [4.69, 9.17) is 23.1 Å². The lowest BCUT2D eigenvalue weighted by Gasteiger charge is -2.07. The van der Waals surface area contributed by atoms with Gasteiger partial charge in [-0.25, -0.2) is 0 Å². The molecule has 0 aromatic heterocycles.